The van der Waals surface area contributed by atoms with Gasteiger partial charge in [0.2, 0.25) is 5.91 Å². The van der Waals surface area contributed by atoms with Crippen LogP contribution in [0, 0.1) is 6.92 Å². The summed E-state index contributed by atoms with van der Waals surface area (Å²) < 4.78 is 6.24. The quantitative estimate of drug-likeness (QED) is 0.752. The van der Waals surface area contributed by atoms with Crippen LogP contribution >= 0.6 is 0 Å². The van der Waals surface area contributed by atoms with Crippen molar-refractivity contribution in [2.75, 3.05) is 12.4 Å². The first-order chi connectivity index (χ1) is 13.0. The molecule has 27 heavy (non-hydrogen) atoms. The minimum Gasteiger partial charge on any atom is -0.497 e. The third-order valence-corrected chi connectivity index (χ3v) is 4.15. The van der Waals surface area contributed by atoms with Gasteiger partial charge in [0.15, 0.2) is 0 Å². The topological polar surface area (TPSA) is 86.1 Å². The van der Waals surface area contributed by atoms with Crippen LogP contribution in [0.25, 0.3) is 11.3 Å². The summed E-state index contributed by atoms with van der Waals surface area (Å²) in [7, 11) is 1.57. The molecule has 1 N–H and O–H groups in total. The molecule has 2 aromatic carbocycles. The summed E-state index contributed by atoms with van der Waals surface area (Å²) >= 11 is 0. The molecule has 7 heteroatoms. The third-order valence-electron chi connectivity index (χ3n) is 4.15. The fraction of sp³-hybridized carbons (Fsp3) is 0.200. The van der Waals surface area contributed by atoms with Gasteiger partial charge in [-0.2, -0.15) is 10.1 Å². The van der Waals surface area contributed by atoms with Crippen molar-refractivity contribution in [2.45, 2.75) is 19.9 Å². The largest absolute Gasteiger partial charge is 0.497 e. The van der Waals surface area contributed by atoms with Crippen molar-refractivity contribution in [2.24, 2.45) is 0 Å². The molecule has 0 fully saturated rings. The van der Waals surface area contributed by atoms with E-state index < -0.39 is 11.7 Å². The molecule has 0 bridgehead atoms. The number of carbonyl (C=O) groups excluding carboxylic acids is 1. The predicted octanol–water partition coefficient (Wildman–Crippen LogP) is 2.82. The summed E-state index contributed by atoms with van der Waals surface area (Å²) in [5.74, 6) is 0.314. The van der Waals surface area contributed by atoms with Crippen molar-refractivity contribution >= 4 is 11.6 Å². The van der Waals surface area contributed by atoms with Gasteiger partial charge >= 0.3 is 5.69 Å². The van der Waals surface area contributed by atoms with Gasteiger partial charge in [-0.3, -0.25) is 4.79 Å². The lowest BCUT2D eigenvalue weighted by molar-refractivity contribution is -0.119. The van der Waals surface area contributed by atoms with Crippen LogP contribution in [0.15, 0.2) is 59.5 Å². The first-order valence-corrected chi connectivity index (χ1v) is 8.46. The fourth-order valence-corrected chi connectivity index (χ4v) is 2.53. The van der Waals surface area contributed by atoms with Crippen LogP contribution in [0.2, 0.25) is 0 Å². The monoisotopic (exact) mass is 364 g/mol. The second kappa shape index (κ2) is 7.82. The summed E-state index contributed by atoms with van der Waals surface area (Å²) in [6.45, 7) is 3.57. The van der Waals surface area contributed by atoms with Crippen molar-refractivity contribution in [1.29, 1.82) is 0 Å². The van der Waals surface area contributed by atoms with E-state index in [1.165, 1.54) is 6.20 Å². The molecule has 1 unspecified atom stereocenters. The number of ether oxygens (including phenoxy) is 1. The average Bonchev–Trinajstić information content (AvgIpc) is 2.69. The summed E-state index contributed by atoms with van der Waals surface area (Å²) in [6.07, 6.45) is 1.46. The summed E-state index contributed by atoms with van der Waals surface area (Å²) in [4.78, 5) is 28.9. The van der Waals surface area contributed by atoms with Gasteiger partial charge in [-0.25, -0.2) is 9.48 Å². The number of benzene rings is 2. The molecule has 1 amide bonds. The van der Waals surface area contributed by atoms with Crippen LogP contribution in [0.5, 0.6) is 5.75 Å². The molecule has 0 aliphatic carbocycles. The molecule has 0 spiro atoms. The molecule has 138 valence electrons. The zero-order valence-electron chi connectivity index (χ0n) is 15.3. The molecule has 1 aromatic heterocycles. The molecule has 7 nitrogen and oxygen atoms in total. The molecule has 1 heterocycles. The van der Waals surface area contributed by atoms with Crippen molar-refractivity contribution in [1.82, 2.24) is 14.8 Å². The van der Waals surface area contributed by atoms with Crippen LogP contribution in [-0.2, 0) is 4.79 Å². The van der Waals surface area contributed by atoms with Gasteiger partial charge in [-0.1, -0.05) is 29.8 Å². The number of anilines is 1. The number of rotatable bonds is 5. The van der Waals surface area contributed by atoms with Gasteiger partial charge in [0, 0.05) is 11.3 Å². The Morgan fingerprint density at radius 1 is 1.19 bits per heavy atom. The van der Waals surface area contributed by atoms with E-state index >= 15 is 0 Å². The Kier molecular flexibility index (Phi) is 5.30. The normalized spacial score (nSPS) is 11.7. The van der Waals surface area contributed by atoms with E-state index in [1.807, 2.05) is 25.1 Å². The van der Waals surface area contributed by atoms with E-state index in [0.717, 1.165) is 10.2 Å². The Morgan fingerprint density at radius 3 is 2.59 bits per heavy atom. The zero-order chi connectivity index (χ0) is 19.4. The predicted molar refractivity (Wildman–Crippen MR) is 103 cm³/mol. The number of hydrogen-bond donors (Lipinski definition) is 1. The van der Waals surface area contributed by atoms with E-state index in [2.05, 4.69) is 15.4 Å². The minimum atomic E-state index is -0.800. The van der Waals surface area contributed by atoms with E-state index in [-0.39, 0.29) is 5.91 Å². The highest BCUT2D eigenvalue weighted by Gasteiger charge is 2.18. The number of nitrogens with zero attached hydrogens (tertiary/aromatic N) is 3. The maximum absolute atomic E-state index is 12.4. The van der Waals surface area contributed by atoms with Crippen LogP contribution in [0.4, 0.5) is 5.69 Å². The molecule has 3 rings (SSSR count). The first-order valence-electron chi connectivity index (χ1n) is 8.46. The molecule has 0 saturated carbocycles. The number of amides is 1. The Bertz CT molecular complexity index is 1010. The third kappa shape index (κ3) is 4.20. The Morgan fingerprint density at radius 2 is 1.93 bits per heavy atom. The second-order valence-electron chi connectivity index (χ2n) is 6.13. The van der Waals surface area contributed by atoms with Crippen LogP contribution < -0.4 is 15.7 Å². The Labute approximate surface area is 156 Å². The number of methoxy groups -OCH3 is 1. The Hall–Kier alpha value is -3.48. The van der Waals surface area contributed by atoms with E-state index in [1.54, 1.807) is 44.4 Å². The zero-order valence-corrected chi connectivity index (χ0v) is 15.3. The maximum Gasteiger partial charge on any atom is 0.365 e. The summed E-state index contributed by atoms with van der Waals surface area (Å²) in [5, 5.41) is 6.90. The lowest BCUT2D eigenvalue weighted by Gasteiger charge is -2.14. The van der Waals surface area contributed by atoms with Crippen LogP contribution in [-0.4, -0.2) is 27.8 Å². The van der Waals surface area contributed by atoms with Crippen molar-refractivity contribution in [3.63, 3.8) is 0 Å². The average molecular weight is 364 g/mol. The molecule has 0 aliphatic heterocycles. The van der Waals surface area contributed by atoms with E-state index in [9.17, 15) is 9.59 Å². The SMILES string of the molecule is COc1cccc(-c2cnn(C(C)C(=O)Nc3ccc(C)cc3)c(=O)n2)c1. The Balaban J connectivity index is 1.81. The summed E-state index contributed by atoms with van der Waals surface area (Å²) in [5.41, 5.74) is 2.29. The molecule has 1 atom stereocenters. The van der Waals surface area contributed by atoms with Gasteiger partial charge in [0.1, 0.15) is 11.8 Å². The van der Waals surface area contributed by atoms with Crippen LogP contribution in [0.1, 0.15) is 18.5 Å². The minimum absolute atomic E-state index is 0.343. The highest BCUT2D eigenvalue weighted by atomic mass is 16.5. The highest BCUT2D eigenvalue weighted by Crippen LogP contribution is 2.20. The fourth-order valence-electron chi connectivity index (χ4n) is 2.53. The second-order valence-corrected chi connectivity index (χ2v) is 6.13. The first kappa shape index (κ1) is 18.3. The molecular formula is C20H20N4O3. The smallest absolute Gasteiger partial charge is 0.365 e. The summed E-state index contributed by atoms with van der Waals surface area (Å²) in [6, 6.07) is 13.8. The van der Waals surface area contributed by atoms with Crippen molar-refractivity contribution in [3.05, 3.63) is 70.8 Å². The maximum atomic E-state index is 12.4. The standard InChI is InChI=1S/C20H20N4O3/c1-13-7-9-16(10-8-13)22-19(25)14(2)24-20(26)23-18(12-21-24)15-5-4-6-17(11-15)27-3/h4-12,14H,1-3H3,(H,22,25). The van der Waals surface area contributed by atoms with Gasteiger partial charge in [0.05, 0.1) is 19.0 Å². The van der Waals surface area contributed by atoms with E-state index in [0.29, 0.717) is 22.7 Å². The van der Waals surface area contributed by atoms with Crippen molar-refractivity contribution < 1.29 is 9.53 Å². The molecule has 0 aliphatic rings. The lowest BCUT2D eigenvalue weighted by Crippen LogP contribution is -2.34. The van der Waals surface area contributed by atoms with Crippen LogP contribution in [0.3, 0.4) is 0 Å². The van der Waals surface area contributed by atoms with Gasteiger partial charge in [0.25, 0.3) is 0 Å². The number of carbonyl (C=O) groups is 1. The van der Waals surface area contributed by atoms with Gasteiger partial charge in [-0.15, -0.1) is 0 Å². The highest BCUT2D eigenvalue weighted by molar-refractivity contribution is 5.93. The number of nitrogens with one attached hydrogen (secondary N) is 1. The van der Waals surface area contributed by atoms with Crippen molar-refractivity contribution in [3.8, 4) is 17.0 Å². The number of aromatic nitrogens is 3. The van der Waals surface area contributed by atoms with E-state index in [4.69, 9.17) is 4.74 Å². The van der Waals surface area contributed by atoms with Gasteiger partial charge < -0.3 is 10.1 Å². The molecular weight excluding hydrogens is 344 g/mol. The number of hydrogen-bond acceptors (Lipinski definition) is 5. The van der Waals surface area contributed by atoms with Gasteiger partial charge in [-0.05, 0) is 38.1 Å². The lowest BCUT2D eigenvalue weighted by atomic mass is 10.1. The number of aryl methyl sites for hydroxylation is 1. The molecule has 0 radical (unpaired) electrons. The molecule has 0 saturated heterocycles. The molecule has 3 aromatic rings.